The SMILES string of the molecule is CCS(=O)(=O)c1ccc(Cl)cc1Cn1cnc2c(Cl)c(CN3CCN(C(=O)OC(C)(C)C)CC3)c(OC(F)(F)F)cc2c1=O. The molecule has 0 spiro atoms. The van der Waals surface area contributed by atoms with E-state index in [-0.39, 0.29) is 68.9 Å². The quantitative estimate of drug-likeness (QED) is 0.322. The van der Waals surface area contributed by atoms with Gasteiger partial charge in [-0.25, -0.2) is 18.2 Å². The first-order valence-corrected chi connectivity index (χ1v) is 16.0. The number of sulfone groups is 1. The summed E-state index contributed by atoms with van der Waals surface area (Å²) >= 11 is 12.7. The minimum absolute atomic E-state index is 0.0296. The minimum atomic E-state index is -5.09. The Labute approximate surface area is 262 Å². The standard InChI is InChI=1S/C28H31Cl2F3N4O6S/c1-5-44(40,41)22-7-6-18(29)12-17(22)14-37-16-34-24-19(25(37)38)13-21(42-28(31,32)33)20(23(24)30)15-35-8-10-36(11-9-35)26(39)43-27(2,3)4/h6-7,12-13,16H,5,8-11,14-15H2,1-4H3. The Morgan fingerprint density at radius 3 is 2.30 bits per heavy atom. The first-order chi connectivity index (χ1) is 20.4. The second-order valence-corrected chi connectivity index (χ2v) is 14.2. The summed E-state index contributed by atoms with van der Waals surface area (Å²) in [5.74, 6) is -0.864. The lowest BCUT2D eigenvalue weighted by Crippen LogP contribution is -2.49. The summed E-state index contributed by atoms with van der Waals surface area (Å²) in [7, 11) is -3.68. The molecule has 3 aromatic rings. The molecule has 2 heterocycles. The van der Waals surface area contributed by atoms with Gasteiger partial charge in [-0.3, -0.25) is 14.3 Å². The van der Waals surface area contributed by atoms with Crippen molar-refractivity contribution in [2.75, 3.05) is 31.9 Å². The summed E-state index contributed by atoms with van der Waals surface area (Å²) in [6.45, 7) is 7.56. The average molecular weight is 680 g/mol. The number of ether oxygens (including phenoxy) is 2. The molecule has 240 valence electrons. The summed E-state index contributed by atoms with van der Waals surface area (Å²) in [5.41, 5.74) is -1.30. The van der Waals surface area contributed by atoms with E-state index in [2.05, 4.69) is 9.72 Å². The van der Waals surface area contributed by atoms with E-state index >= 15 is 0 Å². The van der Waals surface area contributed by atoms with Crippen molar-refractivity contribution in [1.29, 1.82) is 0 Å². The molecule has 0 N–H and O–H groups in total. The Morgan fingerprint density at radius 2 is 1.70 bits per heavy atom. The van der Waals surface area contributed by atoms with Crippen LogP contribution in [0.25, 0.3) is 10.9 Å². The van der Waals surface area contributed by atoms with Crippen LogP contribution in [0.2, 0.25) is 10.0 Å². The summed E-state index contributed by atoms with van der Waals surface area (Å²) in [5, 5.41) is -0.216. The second-order valence-electron chi connectivity index (χ2n) is 11.2. The van der Waals surface area contributed by atoms with E-state index in [0.29, 0.717) is 13.1 Å². The van der Waals surface area contributed by atoms with Crippen LogP contribution in [0.1, 0.15) is 38.8 Å². The van der Waals surface area contributed by atoms with Gasteiger partial charge in [-0.1, -0.05) is 30.1 Å². The number of carbonyl (C=O) groups is 1. The highest BCUT2D eigenvalue weighted by Gasteiger charge is 2.34. The molecule has 1 aromatic heterocycles. The van der Waals surface area contributed by atoms with Crippen molar-refractivity contribution >= 4 is 50.0 Å². The number of nitrogens with zero attached hydrogens (tertiary/aromatic N) is 4. The van der Waals surface area contributed by atoms with E-state index < -0.39 is 39.2 Å². The van der Waals surface area contributed by atoms with Crippen molar-refractivity contribution in [2.24, 2.45) is 0 Å². The number of halogens is 5. The number of piperazine rings is 1. The summed E-state index contributed by atoms with van der Waals surface area (Å²) in [6.07, 6.45) is -4.43. The molecule has 0 atom stereocenters. The molecule has 1 amide bonds. The van der Waals surface area contributed by atoms with E-state index in [1.807, 2.05) is 0 Å². The lowest BCUT2D eigenvalue weighted by atomic mass is 10.1. The Balaban J connectivity index is 1.69. The third-order valence-corrected chi connectivity index (χ3v) is 9.30. The molecule has 0 bridgehead atoms. The Kier molecular flexibility index (Phi) is 9.79. The van der Waals surface area contributed by atoms with Gasteiger partial charge in [0.05, 0.1) is 39.4 Å². The molecule has 1 aliphatic rings. The third-order valence-electron chi connectivity index (χ3n) is 6.83. The van der Waals surface area contributed by atoms with Crippen LogP contribution in [0.4, 0.5) is 18.0 Å². The van der Waals surface area contributed by atoms with E-state index in [0.717, 1.165) is 17.0 Å². The summed E-state index contributed by atoms with van der Waals surface area (Å²) in [4.78, 5) is 33.4. The maximum absolute atomic E-state index is 13.5. The van der Waals surface area contributed by atoms with Crippen LogP contribution >= 0.6 is 23.2 Å². The second kappa shape index (κ2) is 12.7. The van der Waals surface area contributed by atoms with Crippen molar-refractivity contribution in [1.82, 2.24) is 19.4 Å². The van der Waals surface area contributed by atoms with Crippen LogP contribution in [0.5, 0.6) is 5.75 Å². The first kappa shape index (κ1) is 33.8. The molecule has 10 nitrogen and oxygen atoms in total. The molecule has 1 saturated heterocycles. The average Bonchev–Trinajstić information content (AvgIpc) is 2.91. The number of benzene rings is 2. The van der Waals surface area contributed by atoms with Gasteiger partial charge in [0, 0.05) is 43.3 Å². The largest absolute Gasteiger partial charge is 0.573 e. The zero-order valence-corrected chi connectivity index (χ0v) is 26.7. The summed E-state index contributed by atoms with van der Waals surface area (Å²) in [6, 6.07) is 5.09. The van der Waals surface area contributed by atoms with Gasteiger partial charge in [0.2, 0.25) is 0 Å². The molecule has 0 aliphatic carbocycles. The number of alkyl halides is 3. The van der Waals surface area contributed by atoms with Gasteiger partial charge in [-0.2, -0.15) is 0 Å². The zero-order chi connectivity index (χ0) is 32.6. The minimum Gasteiger partial charge on any atom is -0.444 e. The molecule has 2 aromatic carbocycles. The van der Waals surface area contributed by atoms with Crippen molar-refractivity contribution in [3.8, 4) is 5.75 Å². The molecular formula is C28H31Cl2F3N4O6S. The Morgan fingerprint density at radius 1 is 1.05 bits per heavy atom. The van der Waals surface area contributed by atoms with Gasteiger partial charge >= 0.3 is 12.5 Å². The smallest absolute Gasteiger partial charge is 0.444 e. The van der Waals surface area contributed by atoms with Gasteiger partial charge in [-0.15, -0.1) is 13.2 Å². The third kappa shape index (κ3) is 7.95. The van der Waals surface area contributed by atoms with E-state index in [4.69, 9.17) is 27.9 Å². The van der Waals surface area contributed by atoms with Crippen LogP contribution < -0.4 is 10.3 Å². The van der Waals surface area contributed by atoms with Crippen LogP contribution in [0.3, 0.4) is 0 Å². The van der Waals surface area contributed by atoms with Gasteiger partial charge in [0.15, 0.2) is 9.84 Å². The highest BCUT2D eigenvalue weighted by Crippen LogP contribution is 2.37. The molecule has 0 unspecified atom stereocenters. The fourth-order valence-corrected chi connectivity index (χ4v) is 6.32. The summed E-state index contributed by atoms with van der Waals surface area (Å²) < 4.78 is 76.5. The lowest BCUT2D eigenvalue weighted by Gasteiger charge is -2.36. The van der Waals surface area contributed by atoms with Crippen LogP contribution in [0.15, 0.2) is 40.3 Å². The number of hydrogen-bond donors (Lipinski definition) is 0. The number of carbonyl (C=O) groups excluding carboxylic acids is 1. The topological polar surface area (TPSA) is 111 Å². The van der Waals surface area contributed by atoms with Gasteiger partial charge in [0.25, 0.3) is 5.56 Å². The normalized spacial score (nSPS) is 15.1. The molecule has 0 saturated carbocycles. The molecule has 1 aliphatic heterocycles. The monoisotopic (exact) mass is 678 g/mol. The maximum Gasteiger partial charge on any atom is 0.573 e. The molecular weight excluding hydrogens is 648 g/mol. The van der Waals surface area contributed by atoms with Gasteiger partial charge in [0.1, 0.15) is 11.4 Å². The Hall–Kier alpha value is -3.07. The van der Waals surface area contributed by atoms with Crippen molar-refractivity contribution < 1.29 is 35.9 Å². The zero-order valence-electron chi connectivity index (χ0n) is 24.4. The maximum atomic E-state index is 13.5. The van der Waals surface area contributed by atoms with E-state index in [9.17, 15) is 31.2 Å². The van der Waals surface area contributed by atoms with Crippen molar-refractivity contribution in [3.05, 3.63) is 62.1 Å². The van der Waals surface area contributed by atoms with Crippen LogP contribution in [-0.4, -0.2) is 77.8 Å². The molecule has 16 heteroatoms. The molecule has 0 radical (unpaired) electrons. The fourth-order valence-electron chi connectivity index (χ4n) is 4.71. The van der Waals surface area contributed by atoms with Gasteiger partial charge in [-0.05, 0) is 50.6 Å². The number of fused-ring (bicyclic) bond motifs is 1. The predicted molar refractivity (Wildman–Crippen MR) is 159 cm³/mol. The van der Waals surface area contributed by atoms with Crippen LogP contribution in [-0.2, 0) is 27.7 Å². The van der Waals surface area contributed by atoms with Crippen LogP contribution in [0, 0.1) is 0 Å². The molecule has 44 heavy (non-hydrogen) atoms. The highest BCUT2D eigenvalue weighted by molar-refractivity contribution is 7.91. The number of hydrogen-bond acceptors (Lipinski definition) is 8. The van der Waals surface area contributed by atoms with E-state index in [1.54, 1.807) is 25.7 Å². The number of amides is 1. The molecule has 1 fully saturated rings. The van der Waals surface area contributed by atoms with Gasteiger partial charge < -0.3 is 14.4 Å². The first-order valence-electron chi connectivity index (χ1n) is 13.6. The number of aromatic nitrogens is 2. The Bertz CT molecular complexity index is 1730. The van der Waals surface area contributed by atoms with Crippen molar-refractivity contribution in [2.45, 2.75) is 57.6 Å². The predicted octanol–water partition coefficient (Wildman–Crippen LogP) is 5.50. The highest BCUT2D eigenvalue weighted by atomic mass is 35.5. The number of rotatable bonds is 7. The van der Waals surface area contributed by atoms with E-state index in [1.165, 1.54) is 30.0 Å². The fraction of sp³-hybridized carbons (Fsp3) is 0.464. The molecule has 4 rings (SSSR count). The lowest BCUT2D eigenvalue weighted by molar-refractivity contribution is -0.274. The van der Waals surface area contributed by atoms with Crippen molar-refractivity contribution in [3.63, 3.8) is 0 Å².